The zero-order valence-electron chi connectivity index (χ0n) is 14.4. The number of rotatable bonds is 8. The fourth-order valence-electron chi connectivity index (χ4n) is 3.55. The average Bonchev–Trinajstić information content (AvgIpc) is 3.00. The van der Waals surface area contributed by atoms with Gasteiger partial charge < -0.3 is 10.2 Å². The molecular weight excluding hydrogens is 293 g/mol. The molecule has 130 valence electrons. The molecule has 2 aliphatic rings. The third-order valence-electron chi connectivity index (χ3n) is 4.90. The van der Waals surface area contributed by atoms with Gasteiger partial charge in [0, 0.05) is 19.5 Å². The maximum absolute atomic E-state index is 11.8. The topological polar surface area (TPSA) is 62.8 Å². The third-order valence-corrected chi connectivity index (χ3v) is 4.90. The van der Waals surface area contributed by atoms with E-state index in [1.54, 1.807) is 11.8 Å². The molecule has 3 unspecified atom stereocenters. The van der Waals surface area contributed by atoms with Gasteiger partial charge in [0.15, 0.2) is 6.23 Å². The Morgan fingerprint density at radius 1 is 1.39 bits per heavy atom. The lowest BCUT2D eigenvalue weighted by atomic mass is 9.89. The van der Waals surface area contributed by atoms with Crippen LogP contribution in [-0.4, -0.2) is 50.6 Å². The van der Waals surface area contributed by atoms with Crippen molar-refractivity contribution in [1.29, 1.82) is 0 Å². The molecule has 2 N–H and O–H groups in total. The normalized spacial score (nSPS) is 31.5. The van der Waals surface area contributed by atoms with Gasteiger partial charge in [0.25, 0.3) is 0 Å². The maximum atomic E-state index is 11.8. The molecule has 2 heterocycles. The van der Waals surface area contributed by atoms with Crippen LogP contribution in [0, 0.1) is 11.8 Å². The zero-order valence-corrected chi connectivity index (χ0v) is 14.4. The first-order valence-electron chi connectivity index (χ1n) is 8.87. The monoisotopic (exact) mass is 323 g/mol. The number of carbonyl (C=O) groups excluding carboxylic acids is 1. The molecule has 0 aromatic heterocycles. The summed E-state index contributed by atoms with van der Waals surface area (Å²) < 4.78 is 0. The Kier molecular flexibility index (Phi) is 7.82. The first-order valence-corrected chi connectivity index (χ1v) is 8.87. The first kappa shape index (κ1) is 18.7. The molecule has 0 aromatic rings. The molecule has 0 saturated carbocycles. The van der Waals surface area contributed by atoms with Crippen molar-refractivity contribution >= 4 is 13.8 Å². The molecule has 1 amide bonds. The lowest BCUT2D eigenvalue weighted by Crippen LogP contribution is -2.49. The van der Waals surface area contributed by atoms with Crippen LogP contribution in [0.1, 0.15) is 46.0 Å². The molecule has 4 atom stereocenters. The van der Waals surface area contributed by atoms with Crippen molar-refractivity contribution in [2.45, 2.75) is 64.5 Å². The number of hydrogen-bond acceptors (Lipinski definition) is 5. The molecule has 0 aliphatic carbocycles. The highest BCUT2D eigenvalue weighted by atomic mass is 16.9. The van der Waals surface area contributed by atoms with Crippen molar-refractivity contribution in [2.24, 2.45) is 11.8 Å². The van der Waals surface area contributed by atoms with E-state index in [2.05, 4.69) is 17.9 Å². The van der Waals surface area contributed by atoms with Crippen molar-refractivity contribution in [3.05, 3.63) is 0 Å². The summed E-state index contributed by atoms with van der Waals surface area (Å²) in [4.78, 5) is 24.6. The summed E-state index contributed by atoms with van der Waals surface area (Å²) in [7, 11) is 5.67. The predicted molar refractivity (Wildman–Crippen MR) is 89.4 cm³/mol. The minimum absolute atomic E-state index is 0.0563. The van der Waals surface area contributed by atoms with E-state index >= 15 is 0 Å². The number of piperidine rings is 1. The van der Waals surface area contributed by atoms with Gasteiger partial charge in [0.05, 0.1) is 14.5 Å². The van der Waals surface area contributed by atoms with Crippen LogP contribution >= 0.6 is 0 Å². The Bertz CT molecular complexity index is 372. The van der Waals surface area contributed by atoms with Gasteiger partial charge in [-0.05, 0) is 44.1 Å². The highest BCUT2D eigenvalue weighted by Crippen LogP contribution is 2.25. The van der Waals surface area contributed by atoms with Gasteiger partial charge in [-0.25, -0.2) is 0 Å². The van der Waals surface area contributed by atoms with Crippen LogP contribution in [0.2, 0.25) is 6.32 Å². The second kappa shape index (κ2) is 9.62. The third kappa shape index (κ3) is 5.74. The molecular formula is C16H30BN3O3. The van der Waals surface area contributed by atoms with Gasteiger partial charge in [0.1, 0.15) is 0 Å². The molecule has 0 aromatic carbocycles. The predicted octanol–water partition coefficient (Wildman–Crippen LogP) is 1.39. The fraction of sp³-hybridized carbons (Fsp3) is 0.938. The van der Waals surface area contributed by atoms with E-state index in [0.717, 1.165) is 45.2 Å². The molecule has 6 nitrogen and oxygen atoms in total. The van der Waals surface area contributed by atoms with Crippen LogP contribution in [0.4, 0.5) is 0 Å². The molecule has 2 saturated heterocycles. The van der Waals surface area contributed by atoms with E-state index in [-0.39, 0.29) is 12.1 Å². The largest absolute Gasteiger partial charge is 0.315 e. The van der Waals surface area contributed by atoms with E-state index in [1.165, 1.54) is 0 Å². The molecule has 0 bridgehead atoms. The van der Waals surface area contributed by atoms with E-state index < -0.39 is 0 Å². The number of likely N-dealkylation sites (tertiary alicyclic amines) is 1. The van der Waals surface area contributed by atoms with Crippen molar-refractivity contribution < 1.29 is 14.5 Å². The number of carbonyl (C=O) groups is 1. The van der Waals surface area contributed by atoms with E-state index in [4.69, 9.17) is 17.5 Å². The first-order chi connectivity index (χ1) is 11.1. The van der Waals surface area contributed by atoms with Gasteiger partial charge in [-0.2, -0.15) is 0 Å². The minimum Gasteiger partial charge on any atom is -0.315 e. The van der Waals surface area contributed by atoms with Gasteiger partial charge >= 0.3 is 0 Å². The summed E-state index contributed by atoms with van der Waals surface area (Å²) in [5, 5.41) is 3.38. The minimum atomic E-state index is -0.242. The van der Waals surface area contributed by atoms with E-state index in [1.807, 2.05) is 0 Å². The maximum Gasteiger partial charge on any atom is 0.221 e. The number of nitrogens with one attached hydrogen (secondary N) is 2. The van der Waals surface area contributed by atoms with Gasteiger partial charge in [-0.15, -0.1) is 0 Å². The second-order valence-corrected chi connectivity index (χ2v) is 6.81. The van der Waals surface area contributed by atoms with Gasteiger partial charge in [0.2, 0.25) is 5.91 Å². The van der Waals surface area contributed by atoms with Crippen molar-refractivity contribution in [1.82, 2.24) is 15.9 Å². The highest BCUT2D eigenvalue weighted by molar-refractivity contribution is 6.08. The number of nitrogens with zero attached hydrogens (tertiary/aromatic N) is 1. The molecule has 2 rings (SSSR count). The molecule has 0 spiro atoms. The standard InChI is InChI=1S/C16H30BN3O3/c1-3-4-13-5-6-16(20(10-13)12(2)21)23-19-22-11-15-7-14(8-17)9-18-15/h13-16,18-19H,3-11H2,1-2H3/t13?,14?,15?,16-/m1/s1. The SMILES string of the molecule is [B]CC1CNC(CONO[C@@H]2CCC(CCC)CN2C(C)=O)C1. The summed E-state index contributed by atoms with van der Waals surface area (Å²) in [5.41, 5.74) is 2.58. The fourth-order valence-corrected chi connectivity index (χ4v) is 3.55. The Balaban J connectivity index is 1.67. The Hall–Kier alpha value is -0.625. The molecule has 23 heavy (non-hydrogen) atoms. The van der Waals surface area contributed by atoms with Crippen molar-refractivity contribution in [3.8, 4) is 0 Å². The molecule has 2 fully saturated rings. The highest BCUT2D eigenvalue weighted by Gasteiger charge is 2.30. The lowest BCUT2D eigenvalue weighted by molar-refractivity contribution is -0.241. The Labute approximate surface area is 141 Å². The smallest absolute Gasteiger partial charge is 0.221 e. The Morgan fingerprint density at radius 3 is 2.87 bits per heavy atom. The summed E-state index contributed by atoms with van der Waals surface area (Å²) in [6.07, 6.45) is 5.75. The van der Waals surface area contributed by atoms with Crippen LogP contribution in [-0.2, 0) is 14.5 Å². The Morgan fingerprint density at radius 2 is 2.22 bits per heavy atom. The van der Waals surface area contributed by atoms with Crippen LogP contribution in [0.5, 0.6) is 0 Å². The van der Waals surface area contributed by atoms with E-state index in [9.17, 15) is 4.79 Å². The summed E-state index contributed by atoms with van der Waals surface area (Å²) in [6.45, 7) is 6.04. The quantitative estimate of drug-likeness (QED) is 0.401. The van der Waals surface area contributed by atoms with Crippen molar-refractivity contribution in [2.75, 3.05) is 19.7 Å². The van der Waals surface area contributed by atoms with Gasteiger partial charge in [-0.1, -0.05) is 25.3 Å². The van der Waals surface area contributed by atoms with Crippen LogP contribution in [0.25, 0.3) is 0 Å². The van der Waals surface area contributed by atoms with E-state index in [0.29, 0.717) is 30.8 Å². The van der Waals surface area contributed by atoms with Crippen LogP contribution in [0.15, 0.2) is 0 Å². The average molecular weight is 323 g/mol. The lowest BCUT2D eigenvalue weighted by Gasteiger charge is -2.38. The van der Waals surface area contributed by atoms with Crippen LogP contribution < -0.4 is 11.0 Å². The van der Waals surface area contributed by atoms with Gasteiger partial charge in [-0.3, -0.25) is 14.5 Å². The zero-order chi connectivity index (χ0) is 16.7. The summed E-state index contributed by atoms with van der Waals surface area (Å²) in [5.74, 6) is 1.17. The number of amides is 1. The molecule has 2 aliphatic heterocycles. The number of hydrogen-bond donors (Lipinski definition) is 2. The van der Waals surface area contributed by atoms with Crippen molar-refractivity contribution in [3.63, 3.8) is 0 Å². The second-order valence-electron chi connectivity index (χ2n) is 6.81. The molecule has 7 heteroatoms. The summed E-state index contributed by atoms with van der Waals surface area (Å²) >= 11 is 0. The van der Waals surface area contributed by atoms with Crippen LogP contribution in [0.3, 0.4) is 0 Å². The summed E-state index contributed by atoms with van der Waals surface area (Å²) in [6, 6.07) is 0.309. The molecule has 2 radical (unpaired) electrons.